The van der Waals surface area contributed by atoms with Crippen molar-refractivity contribution in [2.45, 2.75) is 39.8 Å². The first-order chi connectivity index (χ1) is 15.0. The molecule has 0 atom stereocenters. The number of aliphatic imine (C=N–C) groups is 1. The van der Waals surface area contributed by atoms with Crippen LogP contribution in [0.1, 0.15) is 31.8 Å². The number of hydrogen-bond donors (Lipinski definition) is 3. The summed E-state index contributed by atoms with van der Waals surface area (Å²) in [5.74, 6) is 3.97. The molecule has 0 amide bonds. The van der Waals surface area contributed by atoms with Gasteiger partial charge in [0, 0.05) is 55.7 Å². The lowest BCUT2D eigenvalue weighted by molar-refractivity contribution is 0.398. The minimum Gasteiger partial charge on any atom is -0.497 e. The van der Waals surface area contributed by atoms with E-state index >= 15 is 0 Å². The summed E-state index contributed by atoms with van der Waals surface area (Å²) in [7, 11) is 5.13. The molecule has 0 saturated carbocycles. The van der Waals surface area contributed by atoms with E-state index in [1.54, 1.807) is 21.3 Å². The van der Waals surface area contributed by atoms with Gasteiger partial charge in [0.05, 0.1) is 26.3 Å². The van der Waals surface area contributed by atoms with Crippen LogP contribution in [0.5, 0.6) is 11.5 Å². The molecule has 0 radical (unpaired) electrons. The third kappa shape index (κ3) is 6.78. The van der Waals surface area contributed by atoms with Crippen molar-refractivity contribution >= 4 is 40.8 Å². The predicted octanol–water partition coefficient (Wildman–Crippen LogP) is 3.95. The maximum atomic E-state index is 5.50. The summed E-state index contributed by atoms with van der Waals surface area (Å²) in [6.45, 7) is 6.83. The molecule has 3 rings (SSSR count). The highest BCUT2D eigenvalue weighted by molar-refractivity contribution is 14.0. The second-order valence-electron chi connectivity index (χ2n) is 7.93. The summed E-state index contributed by atoms with van der Waals surface area (Å²) in [4.78, 5) is 12.2. The molecule has 0 aliphatic carbocycles. The van der Waals surface area contributed by atoms with Crippen molar-refractivity contribution < 1.29 is 9.47 Å². The monoisotopic (exact) mass is 554 g/mol. The Balaban J connectivity index is 0.00000363. The van der Waals surface area contributed by atoms with E-state index in [0.29, 0.717) is 12.5 Å². The standard InChI is InChI=1S/C23H34N6O2.HI/c1-16(2)15-29-10-9-25-22(29)14-27-23(24-3)26-8-6-7-17-11-19-20(28-17)12-18(30-4)13-21(19)31-5;/h9-13,16,28H,6-8,14-15H2,1-5H3,(H2,24,26,27);1H. The fourth-order valence-electron chi connectivity index (χ4n) is 3.59. The predicted molar refractivity (Wildman–Crippen MR) is 140 cm³/mol. The Kier molecular flexibility index (Phi) is 10.1. The van der Waals surface area contributed by atoms with Crippen molar-refractivity contribution in [1.29, 1.82) is 0 Å². The topological polar surface area (TPSA) is 88.5 Å². The van der Waals surface area contributed by atoms with Gasteiger partial charge in [0.25, 0.3) is 0 Å². The molecule has 3 N–H and O–H groups in total. The highest BCUT2D eigenvalue weighted by Crippen LogP contribution is 2.31. The SMILES string of the molecule is CN=C(NCCCc1cc2c(OC)cc(OC)cc2[nH]1)NCc1nccn1CC(C)C.I. The molecule has 0 bridgehead atoms. The summed E-state index contributed by atoms with van der Waals surface area (Å²) in [6.07, 6.45) is 5.76. The first-order valence-corrected chi connectivity index (χ1v) is 10.7. The number of imidazole rings is 1. The van der Waals surface area contributed by atoms with Gasteiger partial charge in [0.15, 0.2) is 5.96 Å². The number of nitrogens with one attached hydrogen (secondary N) is 3. The minimum absolute atomic E-state index is 0. The number of aromatic nitrogens is 3. The Morgan fingerprint density at radius 3 is 2.69 bits per heavy atom. The number of rotatable bonds is 10. The number of aromatic amines is 1. The number of H-pyrrole nitrogens is 1. The maximum Gasteiger partial charge on any atom is 0.191 e. The molecule has 0 unspecified atom stereocenters. The van der Waals surface area contributed by atoms with Crippen LogP contribution in [0.4, 0.5) is 0 Å². The number of benzene rings is 1. The molecule has 2 aromatic heterocycles. The van der Waals surface area contributed by atoms with Gasteiger partial charge in [-0.15, -0.1) is 24.0 Å². The van der Waals surface area contributed by atoms with Gasteiger partial charge in [-0.25, -0.2) is 4.98 Å². The van der Waals surface area contributed by atoms with Crippen molar-refractivity contribution in [3.8, 4) is 11.5 Å². The Morgan fingerprint density at radius 1 is 1.19 bits per heavy atom. The lowest BCUT2D eigenvalue weighted by Gasteiger charge is -2.14. The van der Waals surface area contributed by atoms with E-state index in [0.717, 1.165) is 60.1 Å². The Hall–Kier alpha value is -2.43. The fraction of sp³-hybridized carbons (Fsp3) is 0.478. The van der Waals surface area contributed by atoms with E-state index < -0.39 is 0 Å². The Bertz CT molecular complexity index is 1010. The zero-order valence-electron chi connectivity index (χ0n) is 19.6. The molecule has 9 heteroatoms. The zero-order chi connectivity index (χ0) is 22.2. The molecular weight excluding hydrogens is 519 g/mol. The number of fused-ring (bicyclic) bond motifs is 1. The molecule has 8 nitrogen and oxygen atoms in total. The summed E-state index contributed by atoms with van der Waals surface area (Å²) in [6, 6.07) is 6.05. The fourth-order valence-corrected chi connectivity index (χ4v) is 3.59. The summed E-state index contributed by atoms with van der Waals surface area (Å²) >= 11 is 0. The molecule has 3 aromatic rings. The number of hydrogen-bond acceptors (Lipinski definition) is 4. The first-order valence-electron chi connectivity index (χ1n) is 10.7. The van der Waals surface area contributed by atoms with E-state index in [1.807, 2.05) is 24.5 Å². The first kappa shape index (κ1) is 25.8. The second kappa shape index (κ2) is 12.6. The van der Waals surface area contributed by atoms with Gasteiger partial charge in [-0.2, -0.15) is 0 Å². The number of guanidine groups is 1. The number of aryl methyl sites for hydroxylation is 1. The third-order valence-corrected chi connectivity index (χ3v) is 5.10. The van der Waals surface area contributed by atoms with Crippen LogP contribution in [-0.4, -0.2) is 48.3 Å². The van der Waals surface area contributed by atoms with Gasteiger partial charge in [0.1, 0.15) is 17.3 Å². The summed E-state index contributed by atoms with van der Waals surface area (Å²) in [5, 5.41) is 7.80. The summed E-state index contributed by atoms with van der Waals surface area (Å²) < 4.78 is 13.0. The lowest BCUT2D eigenvalue weighted by atomic mass is 10.2. The van der Waals surface area contributed by atoms with E-state index in [2.05, 4.69) is 50.1 Å². The van der Waals surface area contributed by atoms with Gasteiger partial charge in [-0.3, -0.25) is 4.99 Å². The van der Waals surface area contributed by atoms with Crippen molar-refractivity contribution in [2.75, 3.05) is 27.8 Å². The molecule has 32 heavy (non-hydrogen) atoms. The van der Waals surface area contributed by atoms with Crippen LogP contribution in [0.2, 0.25) is 0 Å². The minimum atomic E-state index is 0. The number of ether oxygens (including phenoxy) is 2. The molecule has 0 spiro atoms. The molecule has 176 valence electrons. The van der Waals surface area contributed by atoms with Crippen LogP contribution in [0.15, 0.2) is 35.6 Å². The van der Waals surface area contributed by atoms with Crippen molar-refractivity contribution in [3.05, 3.63) is 42.1 Å². The largest absolute Gasteiger partial charge is 0.497 e. The lowest BCUT2D eigenvalue weighted by Crippen LogP contribution is -2.38. The van der Waals surface area contributed by atoms with Gasteiger partial charge >= 0.3 is 0 Å². The molecular formula is C23H35IN6O2. The maximum absolute atomic E-state index is 5.50. The molecule has 0 aliphatic rings. The van der Waals surface area contributed by atoms with Gasteiger partial charge in [-0.05, 0) is 24.8 Å². The van der Waals surface area contributed by atoms with Gasteiger partial charge < -0.3 is 29.7 Å². The van der Waals surface area contributed by atoms with Gasteiger partial charge in [0.2, 0.25) is 0 Å². The summed E-state index contributed by atoms with van der Waals surface area (Å²) in [5.41, 5.74) is 2.19. The van der Waals surface area contributed by atoms with Crippen LogP contribution in [0, 0.1) is 5.92 Å². The van der Waals surface area contributed by atoms with E-state index in [4.69, 9.17) is 9.47 Å². The van der Waals surface area contributed by atoms with Crippen molar-refractivity contribution in [1.82, 2.24) is 25.2 Å². The van der Waals surface area contributed by atoms with Crippen LogP contribution < -0.4 is 20.1 Å². The number of nitrogens with zero attached hydrogens (tertiary/aromatic N) is 3. The van der Waals surface area contributed by atoms with Gasteiger partial charge in [-0.1, -0.05) is 13.8 Å². The van der Waals surface area contributed by atoms with Crippen LogP contribution in [0.3, 0.4) is 0 Å². The van der Waals surface area contributed by atoms with Crippen molar-refractivity contribution in [2.24, 2.45) is 10.9 Å². The van der Waals surface area contributed by atoms with Crippen LogP contribution in [0.25, 0.3) is 10.9 Å². The normalized spacial score (nSPS) is 11.5. The zero-order valence-corrected chi connectivity index (χ0v) is 21.9. The molecule has 0 saturated heterocycles. The number of methoxy groups -OCH3 is 2. The van der Waals surface area contributed by atoms with Crippen molar-refractivity contribution in [3.63, 3.8) is 0 Å². The second-order valence-corrected chi connectivity index (χ2v) is 7.93. The van der Waals surface area contributed by atoms with Crippen LogP contribution >= 0.6 is 24.0 Å². The molecule has 0 aliphatic heterocycles. The highest BCUT2D eigenvalue weighted by atomic mass is 127. The van der Waals surface area contributed by atoms with Crippen LogP contribution in [-0.2, 0) is 19.5 Å². The third-order valence-electron chi connectivity index (χ3n) is 5.10. The average Bonchev–Trinajstić information content (AvgIpc) is 3.38. The Morgan fingerprint density at radius 2 is 2.00 bits per heavy atom. The highest BCUT2D eigenvalue weighted by Gasteiger charge is 2.10. The number of halogens is 1. The van der Waals surface area contributed by atoms with E-state index in [-0.39, 0.29) is 24.0 Å². The molecule has 0 fully saturated rings. The molecule has 1 aromatic carbocycles. The average molecular weight is 554 g/mol. The van der Waals surface area contributed by atoms with E-state index in [1.165, 1.54) is 5.69 Å². The van der Waals surface area contributed by atoms with E-state index in [9.17, 15) is 0 Å². The smallest absolute Gasteiger partial charge is 0.191 e. The Labute approximate surface area is 207 Å². The quantitative estimate of drug-likeness (QED) is 0.153. The molecule has 2 heterocycles.